The molecule has 10 heteroatoms. The largest absolute Gasteiger partial charge is 0.394 e. The van der Waals surface area contributed by atoms with E-state index in [4.69, 9.17) is 9.47 Å². The van der Waals surface area contributed by atoms with Gasteiger partial charge >= 0.3 is 0 Å². The summed E-state index contributed by atoms with van der Waals surface area (Å²) in [6.45, 7) is 9.62. The molecule has 0 spiro atoms. The molecule has 0 aromatic heterocycles. The van der Waals surface area contributed by atoms with Crippen LogP contribution in [0.25, 0.3) is 0 Å². The molecule has 15 atom stereocenters. The summed E-state index contributed by atoms with van der Waals surface area (Å²) in [7, 11) is 0. The molecule has 5 fully saturated rings. The average molecular weight is 613 g/mol. The van der Waals surface area contributed by atoms with Crippen LogP contribution in [0.2, 0.25) is 0 Å². The maximum Gasteiger partial charge on any atom is 0.186 e. The van der Waals surface area contributed by atoms with E-state index >= 15 is 0 Å². The Morgan fingerprint density at radius 1 is 1.00 bits per heavy atom. The van der Waals surface area contributed by atoms with Crippen LogP contribution in [0.4, 0.5) is 0 Å². The molecule has 5 rings (SSSR count). The molecule has 0 radical (unpaired) electrons. The van der Waals surface area contributed by atoms with Crippen molar-refractivity contribution in [2.24, 2.45) is 40.4 Å². The highest BCUT2D eigenvalue weighted by molar-refractivity contribution is 5.83. The first-order chi connectivity index (χ1) is 20.0. The predicted molar refractivity (Wildman–Crippen MR) is 156 cm³/mol. The summed E-state index contributed by atoms with van der Waals surface area (Å²) in [6, 6.07) is 0. The molecule has 248 valence electrons. The highest BCUT2D eigenvalue weighted by Crippen LogP contribution is 2.70. The zero-order valence-electron chi connectivity index (χ0n) is 26.6. The Morgan fingerprint density at radius 2 is 1.70 bits per heavy atom. The molecule has 4 saturated carbocycles. The fourth-order valence-electron chi connectivity index (χ4n) is 10.4. The van der Waals surface area contributed by atoms with E-state index in [-0.39, 0.29) is 41.3 Å². The van der Waals surface area contributed by atoms with Crippen LogP contribution in [0.15, 0.2) is 0 Å². The number of fused-ring (bicyclic) bond motifs is 5. The first-order valence-corrected chi connectivity index (χ1v) is 16.6. The van der Waals surface area contributed by atoms with Crippen LogP contribution in [-0.2, 0) is 14.3 Å². The SMILES string of the molecule is CC(C)CC[C@@H](O)[C@](C)(O)[C@H]1CC[C@@]2(O)[C@@H]3CC(=O)[C@H]4C[C@@H](O[C@@H]5O[C@H](CO)[C@@H](O)[C@H](O)[C@H]5O)CC[C@]4(C)[C@H]3CC[C@]12C. The van der Waals surface area contributed by atoms with Crippen LogP contribution >= 0.6 is 0 Å². The number of aliphatic hydroxyl groups excluding tert-OH is 5. The highest BCUT2D eigenvalue weighted by Gasteiger charge is 2.71. The number of ketones is 1. The van der Waals surface area contributed by atoms with E-state index < -0.39 is 66.1 Å². The van der Waals surface area contributed by atoms with Crippen molar-refractivity contribution in [2.45, 2.75) is 153 Å². The number of hydrogen-bond acceptors (Lipinski definition) is 10. The molecule has 1 heterocycles. The van der Waals surface area contributed by atoms with Crippen LogP contribution in [0.5, 0.6) is 0 Å². The lowest BCUT2D eigenvalue weighted by Gasteiger charge is -2.63. The van der Waals surface area contributed by atoms with Crippen LogP contribution in [0.3, 0.4) is 0 Å². The van der Waals surface area contributed by atoms with Gasteiger partial charge in [-0.2, -0.15) is 0 Å². The smallest absolute Gasteiger partial charge is 0.186 e. The van der Waals surface area contributed by atoms with E-state index in [2.05, 4.69) is 27.7 Å². The lowest BCUT2D eigenvalue weighted by atomic mass is 9.42. The van der Waals surface area contributed by atoms with Gasteiger partial charge in [-0.3, -0.25) is 4.79 Å². The molecule has 0 amide bonds. The van der Waals surface area contributed by atoms with Gasteiger partial charge in [0.1, 0.15) is 30.2 Å². The molecule has 0 unspecified atom stereocenters. The Hall–Kier alpha value is -0.690. The van der Waals surface area contributed by atoms with Gasteiger partial charge in [-0.25, -0.2) is 0 Å². The number of ether oxygens (including phenoxy) is 2. The summed E-state index contributed by atoms with van der Waals surface area (Å²) in [5.74, 6) is -0.167. The lowest BCUT2D eigenvalue weighted by Crippen LogP contribution is -2.66. The monoisotopic (exact) mass is 612 g/mol. The second-order valence-corrected chi connectivity index (χ2v) is 15.9. The van der Waals surface area contributed by atoms with Crippen molar-refractivity contribution in [3.8, 4) is 0 Å². The van der Waals surface area contributed by atoms with Gasteiger partial charge in [-0.1, -0.05) is 27.7 Å². The van der Waals surface area contributed by atoms with E-state index in [0.29, 0.717) is 50.9 Å². The zero-order valence-corrected chi connectivity index (χ0v) is 26.6. The summed E-state index contributed by atoms with van der Waals surface area (Å²) >= 11 is 0. The summed E-state index contributed by atoms with van der Waals surface area (Å²) in [4.78, 5) is 13.9. The normalized spacial score (nSPS) is 50.5. The number of Topliss-reactive ketones (excluding diaryl/α,β-unsaturated/α-hetero) is 1. The molecule has 1 aliphatic heterocycles. The molecule has 4 aliphatic carbocycles. The Kier molecular flexibility index (Phi) is 9.27. The van der Waals surface area contributed by atoms with Gasteiger partial charge < -0.3 is 45.2 Å². The standard InChI is InChI=1S/C33H56O10/c1-17(2)6-7-25(36)32(5,40)24-10-13-33(41)20-15-22(35)21-14-18(8-11-30(21,3)19(20)9-12-31(24,33)4)42-29-28(39)27(38)26(37)23(16-34)43-29/h17-21,23-29,34,36-41H,6-16H2,1-5H3/t18-,19-,20+,21+,23+,24-,25+,26+,27-,28+,29+,30+,31+,32+,33+/m0/s1. The van der Waals surface area contributed by atoms with Crippen LogP contribution in [-0.4, -0.2) is 102 Å². The second-order valence-electron chi connectivity index (χ2n) is 15.9. The molecule has 10 nitrogen and oxygen atoms in total. The predicted octanol–water partition coefficient (Wildman–Crippen LogP) is 1.67. The van der Waals surface area contributed by atoms with Gasteiger partial charge in [0.05, 0.1) is 30.0 Å². The number of carbonyl (C=O) groups excluding carboxylic acids is 1. The first-order valence-electron chi connectivity index (χ1n) is 16.6. The van der Waals surface area contributed by atoms with Gasteiger partial charge in [-0.05, 0) is 93.8 Å². The Morgan fingerprint density at radius 3 is 2.35 bits per heavy atom. The fourth-order valence-corrected chi connectivity index (χ4v) is 10.4. The third-order valence-corrected chi connectivity index (χ3v) is 13.2. The highest BCUT2D eigenvalue weighted by atomic mass is 16.7. The third-order valence-electron chi connectivity index (χ3n) is 13.2. The van der Waals surface area contributed by atoms with E-state index in [1.165, 1.54) is 0 Å². The number of rotatable bonds is 8. The van der Waals surface area contributed by atoms with Crippen molar-refractivity contribution < 1.29 is 50.0 Å². The van der Waals surface area contributed by atoms with Crippen LogP contribution < -0.4 is 0 Å². The lowest BCUT2D eigenvalue weighted by molar-refractivity contribution is -0.316. The van der Waals surface area contributed by atoms with Gasteiger partial charge in [0.25, 0.3) is 0 Å². The van der Waals surface area contributed by atoms with E-state index in [1.807, 2.05) is 0 Å². The van der Waals surface area contributed by atoms with Crippen molar-refractivity contribution >= 4 is 5.78 Å². The van der Waals surface area contributed by atoms with Gasteiger partial charge in [0.15, 0.2) is 6.29 Å². The van der Waals surface area contributed by atoms with Crippen LogP contribution in [0, 0.1) is 40.4 Å². The summed E-state index contributed by atoms with van der Waals surface area (Å²) in [5.41, 5.74) is -3.42. The van der Waals surface area contributed by atoms with Crippen molar-refractivity contribution in [3.63, 3.8) is 0 Å². The van der Waals surface area contributed by atoms with Crippen LogP contribution in [0.1, 0.15) is 98.8 Å². The maximum absolute atomic E-state index is 13.9. The van der Waals surface area contributed by atoms with Crippen molar-refractivity contribution in [1.29, 1.82) is 0 Å². The molecular weight excluding hydrogens is 556 g/mol. The Bertz CT molecular complexity index is 1020. The van der Waals surface area contributed by atoms with Gasteiger partial charge in [0.2, 0.25) is 0 Å². The molecule has 0 aromatic carbocycles. The summed E-state index contributed by atoms with van der Waals surface area (Å²) in [6.07, 6.45) is -2.10. The molecule has 0 bridgehead atoms. The van der Waals surface area contributed by atoms with E-state index in [0.717, 1.165) is 12.8 Å². The average Bonchev–Trinajstić information content (AvgIpc) is 3.24. The maximum atomic E-state index is 13.9. The summed E-state index contributed by atoms with van der Waals surface area (Å²) in [5, 5.41) is 75.7. The molecule has 5 aliphatic rings. The minimum absolute atomic E-state index is 0.0932. The van der Waals surface area contributed by atoms with Crippen molar-refractivity contribution in [2.75, 3.05) is 6.61 Å². The molecule has 43 heavy (non-hydrogen) atoms. The fraction of sp³-hybridized carbons (Fsp3) is 0.970. The minimum atomic E-state index is -1.52. The van der Waals surface area contributed by atoms with Gasteiger partial charge in [0, 0.05) is 17.8 Å². The molecule has 1 saturated heterocycles. The van der Waals surface area contributed by atoms with Gasteiger partial charge in [-0.15, -0.1) is 0 Å². The first kappa shape index (κ1) is 33.7. The zero-order chi connectivity index (χ0) is 31.7. The minimum Gasteiger partial charge on any atom is -0.394 e. The second kappa shape index (κ2) is 11.8. The number of carbonyl (C=O) groups is 1. The molecule has 0 aromatic rings. The third kappa shape index (κ3) is 5.34. The van der Waals surface area contributed by atoms with Crippen molar-refractivity contribution in [1.82, 2.24) is 0 Å². The van der Waals surface area contributed by atoms with E-state index in [1.54, 1.807) is 6.92 Å². The summed E-state index contributed by atoms with van der Waals surface area (Å²) < 4.78 is 11.7. The number of hydrogen-bond donors (Lipinski definition) is 7. The number of aliphatic hydroxyl groups is 7. The topological polar surface area (TPSA) is 177 Å². The molecular formula is C33H56O10. The Labute approximate surface area is 255 Å². The molecule has 7 N–H and O–H groups in total. The van der Waals surface area contributed by atoms with E-state index in [9.17, 15) is 40.5 Å². The Balaban J connectivity index is 1.31. The van der Waals surface area contributed by atoms with Crippen molar-refractivity contribution in [3.05, 3.63) is 0 Å². The quantitative estimate of drug-likeness (QED) is 0.200.